The molecule has 0 bridgehead atoms. The Morgan fingerprint density at radius 3 is 2.94 bits per heavy atom. The van der Waals surface area contributed by atoms with E-state index in [-0.39, 0.29) is 11.4 Å². The van der Waals surface area contributed by atoms with Crippen LogP contribution < -0.4 is 4.74 Å². The van der Waals surface area contributed by atoms with Crippen molar-refractivity contribution in [1.82, 2.24) is 10.2 Å². The van der Waals surface area contributed by atoms with Gasteiger partial charge in [0.15, 0.2) is 0 Å². The molecule has 1 aromatic carbocycles. The Bertz CT molecular complexity index is 600. The van der Waals surface area contributed by atoms with Crippen LogP contribution in [0.15, 0.2) is 30.5 Å². The Morgan fingerprint density at radius 1 is 1.39 bits per heavy atom. The Morgan fingerprint density at radius 2 is 2.22 bits per heavy atom. The van der Waals surface area contributed by atoms with Gasteiger partial charge < -0.3 is 4.74 Å². The first kappa shape index (κ1) is 11.0. The average molecular weight is 242 g/mol. The maximum absolute atomic E-state index is 12.2. The smallest absolute Gasteiger partial charge is 0.210 e. The largest absolute Gasteiger partial charge is 0.487 e. The highest BCUT2D eigenvalue weighted by Gasteiger charge is 2.30. The van der Waals surface area contributed by atoms with Gasteiger partial charge in [0.1, 0.15) is 17.0 Å². The molecule has 0 atom stereocenters. The summed E-state index contributed by atoms with van der Waals surface area (Å²) in [4.78, 5) is 12.2. The third-order valence-electron chi connectivity index (χ3n) is 3.07. The summed E-state index contributed by atoms with van der Waals surface area (Å²) in [6.07, 6.45) is 2.40. The van der Waals surface area contributed by atoms with Crippen molar-refractivity contribution in [2.24, 2.45) is 0 Å². The quantitative estimate of drug-likeness (QED) is 0.822. The number of nitrogens with zero attached hydrogens (tertiary/aromatic N) is 1. The molecule has 0 saturated carbocycles. The number of H-pyrrole nitrogens is 1. The number of aromatic nitrogens is 2. The molecule has 3 rings (SSSR count). The topological polar surface area (TPSA) is 55.0 Å². The van der Waals surface area contributed by atoms with Gasteiger partial charge in [-0.05, 0) is 43.7 Å². The molecular weight excluding hydrogens is 228 g/mol. The van der Waals surface area contributed by atoms with Gasteiger partial charge in [-0.15, -0.1) is 0 Å². The number of fused-ring (bicyclic) bond motifs is 1. The van der Waals surface area contributed by atoms with Gasteiger partial charge >= 0.3 is 0 Å². The van der Waals surface area contributed by atoms with Crippen molar-refractivity contribution in [2.45, 2.75) is 25.9 Å². The van der Waals surface area contributed by atoms with E-state index in [1.54, 1.807) is 18.3 Å². The normalized spacial score (nSPS) is 16.1. The minimum atomic E-state index is -0.183. The number of hydrogen-bond donors (Lipinski definition) is 1. The van der Waals surface area contributed by atoms with Gasteiger partial charge in [0.05, 0.1) is 0 Å². The van der Waals surface area contributed by atoms with Crippen LogP contribution in [-0.4, -0.2) is 21.6 Å². The summed E-state index contributed by atoms with van der Waals surface area (Å²) in [5.74, 6) is 0.834. The van der Waals surface area contributed by atoms with Crippen molar-refractivity contribution < 1.29 is 9.53 Å². The summed E-state index contributed by atoms with van der Waals surface area (Å²) >= 11 is 0. The molecule has 0 fully saturated rings. The second-order valence-corrected chi connectivity index (χ2v) is 5.16. The van der Waals surface area contributed by atoms with Gasteiger partial charge in [-0.1, -0.05) is 0 Å². The molecular formula is C14H14N2O2. The second kappa shape index (κ2) is 3.70. The molecule has 1 N–H and O–H groups in total. The van der Waals surface area contributed by atoms with Crippen LogP contribution in [-0.2, 0) is 6.42 Å². The number of nitrogens with one attached hydrogen (secondary N) is 1. The van der Waals surface area contributed by atoms with Crippen molar-refractivity contribution in [3.05, 3.63) is 47.3 Å². The van der Waals surface area contributed by atoms with Gasteiger partial charge in [-0.3, -0.25) is 9.89 Å². The monoisotopic (exact) mass is 242 g/mol. The van der Waals surface area contributed by atoms with Crippen LogP contribution in [0.25, 0.3) is 0 Å². The zero-order chi connectivity index (χ0) is 12.8. The first-order chi connectivity index (χ1) is 8.55. The van der Waals surface area contributed by atoms with E-state index < -0.39 is 0 Å². The molecule has 0 spiro atoms. The Labute approximate surface area is 105 Å². The molecule has 18 heavy (non-hydrogen) atoms. The van der Waals surface area contributed by atoms with Crippen molar-refractivity contribution in [3.8, 4) is 5.75 Å². The van der Waals surface area contributed by atoms with E-state index in [2.05, 4.69) is 10.2 Å². The summed E-state index contributed by atoms with van der Waals surface area (Å²) in [7, 11) is 0. The van der Waals surface area contributed by atoms with Crippen LogP contribution in [0.3, 0.4) is 0 Å². The summed E-state index contributed by atoms with van der Waals surface area (Å²) in [6.45, 7) is 4.09. The lowest BCUT2D eigenvalue weighted by atomic mass is 9.98. The van der Waals surface area contributed by atoms with Crippen molar-refractivity contribution in [1.29, 1.82) is 0 Å². The number of ketones is 1. The van der Waals surface area contributed by atoms with Gasteiger partial charge in [0, 0.05) is 18.2 Å². The highest BCUT2D eigenvalue weighted by atomic mass is 16.5. The maximum atomic E-state index is 12.2. The lowest BCUT2D eigenvalue weighted by Gasteiger charge is -2.16. The lowest BCUT2D eigenvalue weighted by Crippen LogP contribution is -2.24. The van der Waals surface area contributed by atoms with Crippen molar-refractivity contribution >= 4 is 5.78 Å². The number of aromatic amines is 1. The van der Waals surface area contributed by atoms with Gasteiger partial charge in [-0.2, -0.15) is 5.10 Å². The molecule has 4 heteroatoms. The van der Waals surface area contributed by atoms with Crippen LogP contribution in [0.2, 0.25) is 0 Å². The third-order valence-corrected chi connectivity index (χ3v) is 3.07. The van der Waals surface area contributed by atoms with E-state index in [9.17, 15) is 4.79 Å². The standard InChI is InChI=1S/C14H14N2O2/c1-14(2)8-10-7-9(3-4-12(10)18-14)13(17)11-5-6-15-16-11/h3-7H,8H2,1-2H3,(H,15,16). The predicted octanol–water partition coefficient (Wildman–Crippen LogP) is 2.35. The molecule has 4 nitrogen and oxygen atoms in total. The fourth-order valence-corrected chi connectivity index (χ4v) is 2.29. The Balaban J connectivity index is 1.95. The Kier molecular flexibility index (Phi) is 2.26. The molecule has 1 aromatic heterocycles. The van der Waals surface area contributed by atoms with Crippen LogP contribution in [0.5, 0.6) is 5.75 Å². The van der Waals surface area contributed by atoms with Crippen LogP contribution >= 0.6 is 0 Å². The molecule has 0 aliphatic carbocycles. The number of benzene rings is 1. The van der Waals surface area contributed by atoms with Gasteiger partial charge in [0.2, 0.25) is 5.78 Å². The number of carbonyl (C=O) groups excluding carboxylic acids is 1. The maximum Gasteiger partial charge on any atom is 0.210 e. The van der Waals surface area contributed by atoms with Crippen molar-refractivity contribution in [2.75, 3.05) is 0 Å². The van der Waals surface area contributed by atoms with Crippen LogP contribution in [0.1, 0.15) is 35.5 Å². The van der Waals surface area contributed by atoms with Gasteiger partial charge in [0.25, 0.3) is 0 Å². The minimum Gasteiger partial charge on any atom is -0.487 e. The Hall–Kier alpha value is -2.10. The van der Waals surface area contributed by atoms with Crippen molar-refractivity contribution in [3.63, 3.8) is 0 Å². The SMILES string of the molecule is CC1(C)Cc2cc(C(=O)c3ccn[nH]3)ccc2O1. The summed E-state index contributed by atoms with van der Waals surface area (Å²) in [5, 5.41) is 6.48. The fourth-order valence-electron chi connectivity index (χ4n) is 2.29. The molecule has 1 aliphatic rings. The average Bonchev–Trinajstić information content (AvgIpc) is 2.91. The highest BCUT2D eigenvalue weighted by Crippen LogP contribution is 2.35. The number of rotatable bonds is 2. The molecule has 0 amide bonds. The van der Waals surface area contributed by atoms with Gasteiger partial charge in [-0.25, -0.2) is 0 Å². The molecule has 92 valence electrons. The van der Waals surface area contributed by atoms with E-state index in [1.165, 1.54) is 0 Å². The molecule has 2 aromatic rings. The zero-order valence-corrected chi connectivity index (χ0v) is 10.4. The first-order valence-electron chi connectivity index (χ1n) is 5.91. The molecule has 1 aliphatic heterocycles. The van der Waals surface area contributed by atoms with E-state index in [4.69, 9.17) is 4.74 Å². The summed E-state index contributed by atoms with van der Waals surface area (Å²) < 4.78 is 5.79. The molecule has 0 radical (unpaired) electrons. The lowest BCUT2D eigenvalue weighted by molar-refractivity contribution is 0.103. The first-order valence-corrected chi connectivity index (χ1v) is 5.91. The number of ether oxygens (including phenoxy) is 1. The molecule has 0 saturated heterocycles. The van der Waals surface area contributed by atoms with E-state index >= 15 is 0 Å². The highest BCUT2D eigenvalue weighted by molar-refractivity contribution is 6.07. The van der Waals surface area contributed by atoms with E-state index in [0.29, 0.717) is 11.3 Å². The second-order valence-electron chi connectivity index (χ2n) is 5.16. The van der Waals surface area contributed by atoms with Crippen LogP contribution in [0.4, 0.5) is 0 Å². The third kappa shape index (κ3) is 1.79. The molecule has 0 unspecified atom stereocenters. The summed E-state index contributed by atoms with van der Waals surface area (Å²) in [5.41, 5.74) is 2.08. The summed E-state index contributed by atoms with van der Waals surface area (Å²) in [6, 6.07) is 7.25. The van der Waals surface area contributed by atoms with E-state index in [0.717, 1.165) is 17.7 Å². The van der Waals surface area contributed by atoms with E-state index in [1.807, 2.05) is 26.0 Å². The molecule has 2 heterocycles. The fraction of sp³-hybridized carbons (Fsp3) is 0.286. The van der Waals surface area contributed by atoms with Crippen LogP contribution in [0, 0.1) is 0 Å². The predicted molar refractivity (Wildman–Crippen MR) is 66.9 cm³/mol. The zero-order valence-electron chi connectivity index (χ0n) is 10.4. The number of carbonyl (C=O) groups is 1. The minimum absolute atomic E-state index is 0.0417. The number of hydrogen-bond acceptors (Lipinski definition) is 3.